The number of amides is 2. The molecular formula is C14H25N3O5S. The molecule has 3 atom stereocenters. The summed E-state index contributed by atoms with van der Waals surface area (Å²) in [6.07, 6.45) is 0.518. The van der Waals surface area contributed by atoms with Gasteiger partial charge in [0, 0.05) is 26.1 Å². The Morgan fingerprint density at radius 1 is 1.22 bits per heavy atom. The SMILES string of the molecule is CN(C)C(=O)[C@H]1CCC2C(C1)NS(=O)(=O)N2C(=O)OC(C)(C)C. The van der Waals surface area contributed by atoms with Gasteiger partial charge in [0.2, 0.25) is 5.91 Å². The quantitative estimate of drug-likeness (QED) is 0.753. The van der Waals surface area contributed by atoms with Crippen LogP contribution in [0.25, 0.3) is 0 Å². The maximum absolute atomic E-state index is 12.3. The normalized spacial score (nSPS) is 29.8. The summed E-state index contributed by atoms with van der Waals surface area (Å²) in [7, 11) is -0.565. The van der Waals surface area contributed by atoms with Crippen molar-refractivity contribution in [1.82, 2.24) is 13.9 Å². The Bertz CT molecular complexity index is 596. The van der Waals surface area contributed by atoms with E-state index in [2.05, 4.69) is 4.72 Å². The van der Waals surface area contributed by atoms with Gasteiger partial charge < -0.3 is 9.64 Å². The number of ether oxygens (including phenoxy) is 1. The molecule has 0 aromatic carbocycles. The zero-order valence-electron chi connectivity index (χ0n) is 14.2. The highest BCUT2D eigenvalue weighted by Gasteiger charge is 2.51. The van der Waals surface area contributed by atoms with Gasteiger partial charge in [0.15, 0.2) is 0 Å². The summed E-state index contributed by atoms with van der Waals surface area (Å²) >= 11 is 0. The van der Waals surface area contributed by atoms with Gasteiger partial charge in [-0.2, -0.15) is 17.4 Å². The van der Waals surface area contributed by atoms with Gasteiger partial charge in [-0.15, -0.1) is 0 Å². The average molecular weight is 347 g/mol. The van der Waals surface area contributed by atoms with Crippen LogP contribution in [0.15, 0.2) is 0 Å². The largest absolute Gasteiger partial charge is 0.443 e. The van der Waals surface area contributed by atoms with Gasteiger partial charge in [0.1, 0.15) is 5.60 Å². The lowest BCUT2D eigenvalue weighted by Gasteiger charge is -2.33. The summed E-state index contributed by atoms with van der Waals surface area (Å²) in [6.45, 7) is 5.06. The van der Waals surface area contributed by atoms with E-state index in [0.717, 1.165) is 4.31 Å². The Morgan fingerprint density at radius 2 is 1.83 bits per heavy atom. The van der Waals surface area contributed by atoms with E-state index < -0.39 is 34.0 Å². The van der Waals surface area contributed by atoms with Gasteiger partial charge in [-0.25, -0.2) is 4.79 Å². The molecule has 2 unspecified atom stereocenters. The summed E-state index contributed by atoms with van der Waals surface area (Å²) in [5, 5.41) is 0. The fraction of sp³-hybridized carbons (Fsp3) is 0.857. The van der Waals surface area contributed by atoms with Gasteiger partial charge in [-0.05, 0) is 40.0 Å². The number of rotatable bonds is 1. The molecule has 2 rings (SSSR count). The molecule has 1 aliphatic carbocycles. The molecule has 0 radical (unpaired) electrons. The maximum atomic E-state index is 12.3. The molecule has 2 aliphatic rings. The Morgan fingerprint density at radius 3 is 2.35 bits per heavy atom. The lowest BCUT2D eigenvalue weighted by molar-refractivity contribution is -0.134. The van der Waals surface area contributed by atoms with E-state index in [1.165, 1.54) is 4.90 Å². The van der Waals surface area contributed by atoms with Crippen molar-refractivity contribution < 1.29 is 22.7 Å². The molecule has 1 saturated carbocycles. The first-order valence-electron chi connectivity index (χ1n) is 7.68. The highest BCUT2D eigenvalue weighted by molar-refractivity contribution is 7.88. The van der Waals surface area contributed by atoms with Crippen molar-refractivity contribution in [2.45, 2.75) is 57.7 Å². The van der Waals surface area contributed by atoms with Crippen LogP contribution in [0.5, 0.6) is 0 Å². The number of nitrogens with one attached hydrogen (secondary N) is 1. The minimum absolute atomic E-state index is 0.0154. The van der Waals surface area contributed by atoms with E-state index in [4.69, 9.17) is 4.74 Å². The number of fused-ring (bicyclic) bond motifs is 1. The summed E-state index contributed by atoms with van der Waals surface area (Å²) in [5.41, 5.74) is -0.775. The lowest BCUT2D eigenvalue weighted by atomic mass is 9.82. The molecule has 0 bridgehead atoms. The van der Waals surface area contributed by atoms with E-state index in [-0.39, 0.29) is 11.8 Å². The zero-order valence-corrected chi connectivity index (χ0v) is 15.0. The minimum atomic E-state index is -3.93. The average Bonchev–Trinajstić information content (AvgIpc) is 2.64. The molecule has 23 heavy (non-hydrogen) atoms. The molecule has 1 N–H and O–H groups in total. The third kappa shape index (κ3) is 3.77. The second-order valence-electron chi connectivity index (χ2n) is 7.32. The van der Waals surface area contributed by atoms with Crippen LogP contribution in [0.4, 0.5) is 4.79 Å². The smallest absolute Gasteiger partial charge is 0.425 e. The first-order valence-corrected chi connectivity index (χ1v) is 9.12. The standard InChI is InChI=1S/C14H25N3O5S/c1-14(2,3)22-13(19)17-11-7-6-9(12(18)16(4)5)8-10(11)15-23(17,20)21/h9-11,15H,6-8H2,1-5H3/t9-,10?,11?/m0/s1. The van der Waals surface area contributed by atoms with Crippen LogP contribution < -0.4 is 4.72 Å². The van der Waals surface area contributed by atoms with Crippen LogP contribution >= 0.6 is 0 Å². The molecule has 1 heterocycles. The van der Waals surface area contributed by atoms with Gasteiger partial charge in [0.05, 0.1) is 6.04 Å². The number of nitrogens with zero attached hydrogens (tertiary/aromatic N) is 2. The number of hydrogen-bond donors (Lipinski definition) is 1. The molecule has 0 aromatic rings. The Hall–Kier alpha value is -1.35. The Kier molecular flexibility index (Phi) is 4.64. The predicted molar refractivity (Wildman–Crippen MR) is 83.7 cm³/mol. The van der Waals surface area contributed by atoms with E-state index in [0.29, 0.717) is 19.3 Å². The lowest BCUT2D eigenvalue weighted by Crippen LogP contribution is -2.47. The van der Waals surface area contributed by atoms with Gasteiger partial charge >= 0.3 is 16.3 Å². The first kappa shape index (κ1) is 18.0. The van der Waals surface area contributed by atoms with Crippen molar-refractivity contribution in [2.75, 3.05) is 14.1 Å². The number of hydrogen-bond acceptors (Lipinski definition) is 5. The minimum Gasteiger partial charge on any atom is -0.443 e. The van der Waals surface area contributed by atoms with Crippen LogP contribution in [-0.2, 0) is 19.7 Å². The van der Waals surface area contributed by atoms with E-state index in [1.54, 1.807) is 34.9 Å². The van der Waals surface area contributed by atoms with Crippen LogP contribution in [0.1, 0.15) is 40.0 Å². The molecule has 8 nitrogen and oxygen atoms in total. The third-order valence-corrected chi connectivity index (χ3v) is 5.58. The molecule has 0 aromatic heterocycles. The Labute approximate surface area is 137 Å². The van der Waals surface area contributed by atoms with Gasteiger partial charge in [-0.3, -0.25) is 4.79 Å². The molecule has 1 saturated heterocycles. The van der Waals surface area contributed by atoms with Gasteiger partial charge in [0.25, 0.3) is 0 Å². The molecule has 2 amide bonds. The molecule has 2 fully saturated rings. The molecular weight excluding hydrogens is 322 g/mol. The third-order valence-electron chi connectivity index (χ3n) is 4.04. The highest BCUT2D eigenvalue weighted by Crippen LogP contribution is 2.35. The fourth-order valence-corrected chi connectivity index (χ4v) is 4.71. The van der Waals surface area contributed by atoms with Gasteiger partial charge in [-0.1, -0.05) is 0 Å². The van der Waals surface area contributed by atoms with E-state index in [1.807, 2.05) is 0 Å². The monoisotopic (exact) mass is 347 g/mol. The van der Waals surface area contributed by atoms with Crippen LogP contribution in [-0.4, -0.2) is 61.4 Å². The number of carbonyl (C=O) groups is 2. The molecule has 0 spiro atoms. The fourth-order valence-electron chi connectivity index (χ4n) is 3.12. The summed E-state index contributed by atoms with van der Waals surface area (Å²) in [4.78, 5) is 25.9. The topological polar surface area (TPSA) is 96.0 Å². The predicted octanol–water partition coefficient (Wildman–Crippen LogP) is 0.697. The van der Waals surface area contributed by atoms with Crippen LogP contribution in [0.3, 0.4) is 0 Å². The Balaban J connectivity index is 2.17. The van der Waals surface area contributed by atoms with Crippen molar-refractivity contribution in [2.24, 2.45) is 5.92 Å². The summed E-state index contributed by atoms with van der Waals surface area (Å²) in [6, 6.07) is -0.948. The van der Waals surface area contributed by atoms with Crippen molar-refractivity contribution >= 4 is 22.2 Å². The first-order chi connectivity index (χ1) is 10.4. The molecule has 9 heteroatoms. The van der Waals surface area contributed by atoms with E-state index in [9.17, 15) is 18.0 Å². The van der Waals surface area contributed by atoms with Crippen molar-refractivity contribution in [3.63, 3.8) is 0 Å². The second-order valence-corrected chi connectivity index (χ2v) is 8.89. The summed E-state index contributed by atoms with van der Waals surface area (Å²) in [5.74, 6) is -0.245. The number of carbonyl (C=O) groups excluding carboxylic acids is 2. The van der Waals surface area contributed by atoms with Crippen molar-refractivity contribution in [3.05, 3.63) is 0 Å². The van der Waals surface area contributed by atoms with Crippen LogP contribution in [0.2, 0.25) is 0 Å². The maximum Gasteiger partial charge on any atom is 0.425 e. The van der Waals surface area contributed by atoms with Crippen LogP contribution in [0, 0.1) is 5.92 Å². The molecule has 132 valence electrons. The highest BCUT2D eigenvalue weighted by atomic mass is 32.2. The molecule has 1 aliphatic heterocycles. The summed E-state index contributed by atoms with van der Waals surface area (Å²) < 4.78 is 33.1. The second kappa shape index (κ2) is 5.94. The van der Waals surface area contributed by atoms with E-state index >= 15 is 0 Å². The van der Waals surface area contributed by atoms with Crippen molar-refractivity contribution in [3.8, 4) is 0 Å². The van der Waals surface area contributed by atoms with Crippen molar-refractivity contribution in [1.29, 1.82) is 0 Å². The zero-order chi connectivity index (χ0) is 17.6.